The van der Waals surface area contributed by atoms with Gasteiger partial charge in [-0.2, -0.15) is 0 Å². The summed E-state index contributed by atoms with van der Waals surface area (Å²) in [6.07, 6.45) is 2.88. The molecule has 1 aromatic carbocycles. The van der Waals surface area contributed by atoms with Crippen LogP contribution in [0, 0.1) is 0 Å². The molecule has 0 spiro atoms. The second-order valence-electron chi connectivity index (χ2n) is 4.70. The molecule has 19 heavy (non-hydrogen) atoms. The van der Waals surface area contributed by atoms with Crippen LogP contribution in [0.25, 0.3) is 0 Å². The monoisotopic (exact) mass is 264 g/mol. The Morgan fingerprint density at radius 1 is 1.37 bits per heavy atom. The Hall–Kier alpha value is -1.55. The summed E-state index contributed by atoms with van der Waals surface area (Å²) in [5, 5.41) is 0. The number of benzene rings is 1. The van der Waals surface area contributed by atoms with Crippen molar-refractivity contribution in [3.63, 3.8) is 0 Å². The first kappa shape index (κ1) is 13.9. The zero-order chi connectivity index (χ0) is 13.7. The zero-order valence-corrected chi connectivity index (χ0v) is 11.4. The van der Waals surface area contributed by atoms with Gasteiger partial charge in [-0.25, -0.2) is 0 Å². The second kappa shape index (κ2) is 6.57. The van der Waals surface area contributed by atoms with Gasteiger partial charge in [0.05, 0.1) is 19.6 Å². The van der Waals surface area contributed by atoms with Gasteiger partial charge in [-0.05, 0) is 25.8 Å². The van der Waals surface area contributed by atoms with E-state index in [2.05, 4.69) is 0 Å². The van der Waals surface area contributed by atoms with Crippen molar-refractivity contribution in [1.82, 2.24) is 0 Å². The first-order valence-corrected chi connectivity index (χ1v) is 6.67. The Bertz CT molecular complexity index is 424. The molecule has 2 unspecified atom stereocenters. The number of hydrogen-bond acceptors (Lipinski definition) is 4. The van der Waals surface area contributed by atoms with Crippen LogP contribution in [-0.4, -0.2) is 26.0 Å². The SMILES string of the molecule is COC(=O)C(C)c1ccccc1OC1CCCCO1. The van der Waals surface area contributed by atoms with E-state index in [-0.39, 0.29) is 18.2 Å². The molecule has 4 heteroatoms. The Morgan fingerprint density at radius 2 is 2.16 bits per heavy atom. The highest BCUT2D eigenvalue weighted by Crippen LogP contribution is 2.29. The van der Waals surface area contributed by atoms with Gasteiger partial charge in [0, 0.05) is 12.0 Å². The molecule has 1 aliphatic rings. The molecule has 0 amide bonds. The predicted octanol–water partition coefficient (Wildman–Crippen LogP) is 2.87. The molecular weight excluding hydrogens is 244 g/mol. The van der Waals surface area contributed by atoms with Crippen LogP contribution in [-0.2, 0) is 14.3 Å². The van der Waals surface area contributed by atoms with Crippen molar-refractivity contribution in [2.45, 2.75) is 38.4 Å². The van der Waals surface area contributed by atoms with Crippen LogP contribution in [0.5, 0.6) is 5.75 Å². The normalized spacial score (nSPS) is 20.6. The van der Waals surface area contributed by atoms with Gasteiger partial charge < -0.3 is 14.2 Å². The third kappa shape index (κ3) is 3.47. The van der Waals surface area contributed by atoms with Gasteiger partial charge in [0.25, 0.3) is 0 Å². The first-order valence-electron chi connectivity index (χ1n) is 6.67. The summed E-state index contributed by atoms with van der Waals surface area (Å²) in [4.78, 5) is 11.6. The van der Waals surface area contributed by atoms with E-state index < -0.39 is 0 Å². The van der Waals surface area contributed by atoms with E-state index in [1.165, 1.54) is 7.11 Å². The third-order valence-electron chi connectivity index (χ3n) is 3.34. The van der Waals surface area contributed by atoms with Crippen LogP contribution >= 0.6 is 0 Å². The quantitative estimate of drug-likeness (QED) is 0.784. The number of methoxy groups -OCH3 is 1. The fourth-order valence-corrected chi connectivity index (χ4v) is 2.20. The molecule has 1 fully saturated rings. The third-order valence-corrected chi connectivity index (χ3v) is 3.34. The number of ether oxygens (including phenoxy) is 3. The van der Waals surface area contributed by atoms with Crippen LogP contribution in [0.4, 0.5) is 0 Å². The predicted molar refractivity (Wildman–Crippen MR) is 71.1 cm³/mol. The lowest BCUT2D eigenvalue weighted by atomic mass is 10.0. The first-order chi connectivity index (χ1) is 9.22. The van der Waals surface area contributed by atoms with Crippen molar-refractivity contribution in [1.29, 1.82) is 0 Å². The minimum absolute atomic E-state index is 0.209. The molecule has 4 nitrogen and oxygen atoms in total. The van der Waals surface area contributed by atoms with E-state index in [0.717, 1.165) is 31.4 Å². The molecule has 0 saturated carbocycles. The van der Waals surface area contributed by atoms with Crippen molar-refractivity contribution < 1.29 is 19.0 Å². The maximum Gasteiger partial charge on any atom is 0.312 e. The molecule has 0 radical (unpaired) electrons. The van der Waals surface area contributed by atoms with Crippen LogP contribution in [0.15, 0.2) is 24.3 Å². The van der Waals surface area contributed by atoms with E-state index >= 15 is 0 Å². The lowest BCUT2D eigenvalue weighted by Gasteiger charge is -2.25. The summed E-state index contributed by atoms with van der Waals surface area (Å²) in [5.41, 5.74) is 0.837. The molecule has 0 bridgehead atoms. The molecule has 1 aromatic rings. The second-order valence-corrected chi connectivity index (χ2v) is 4.70. The Balaban J connectivity index is 2.13. The van der Waals surface area contributed by atoms with Crippen LogP contribution in [0.2, 0.25) is 0 Å². The number of hydrogen-bond donors (Lipinski definition) is 0. The van der Waals surface area contributed by atoms with Gasteiger partial charge in [0.1, 0.15) is 5.75 Å². The number of rotatable bonds is 4. The maximum atomic E-state index is 11.6. The Labute approximate surface area is 113 Å². The van der Waals surface area contributed by atoms with Crippen molar-refractivity contribution >= 4 is 5.97 Å². The van der Waals surface area contributed by atoms with E-state index in [1.54, 1.807) is 0 Å². The summed E-state index contributed by atoms with van der Waals surface area (Å²) in [6, 6.07) is 7.54. The highest BCUT2D eigenvalue weighted by molar-refractivity contribution is 5.78. The van der Waals surface area contributed by atoms with E-state index in [4.69, 9.17) is 14.2 Å². The van der Waals surface area contributed by atoms with Crippen molar-refractivity contribution in [2.24, 2.45) is 0 Å². The van der Waals surface area contributed by atoms with E-state index in [1.807, 2.05) is 31.2 Å². The summed E-state index contributed by atoms with van der Waals surface area (Å²) in [6.45, 7) is 2.55. The number of esters is 1. The molecular formula is C15H20O4. The number of carbonyl (C=O) groups is 1. The molecule has 1 heterocycles. The fraction of sp³-hybridized carbons (Fsp3) is 0.533. The average molecular weight is 264 g/mol. The van der Waals surface area contributed by atoms with Crippen LogP contribution < -0.4 is 4.74 Å². The van der Waals surface area contributed by atoms with Gasteiger partial charge in [0.15, 0.2) is 6.29 Å². The summed E-state index contributed by atoms with van der Waals surface area (Å²) in [7, 11) is 1.40. The molecule has 2 atom stereocenters. The number of para-hydroxylation sites is 1. The van der Waals surface area contributed by atoms with Crippen molar-refractivity contribution in [3.05, 3.63) is 29.8 Å². The molecule has 1 aliphatic heterocycles. The molecule has 0 N–H and O–H groups in total. The van der Waals surface area contributed by atoms with Gasteiger partial charge in [0.2, 0.25) is 0 Å². The zero-order valence-electron chi connectivity index (χ0n) is 11.4. The van der Waals surface area contributed by atoms with E-state index in [9.17, 15) is 4.79 Å². The smallest absolute Gasteiger partial charge is 0.312 e. The largest absolute Gasteiger partial charge is 0.469 e. The molecule has 1 saturated heterocycles. The van der Waals surface area contributed by atoms with E-state index in [0.29, 0.717) is 5.75 Å². The minimum Gasteiger partial charge on any atom is -0.469 e. The summed E-state index contributed by atoms with van der Waals surface area (Å²) >= 11 is 0. The summed E-state index contributed by atoms with van der Waals surface area (Å²) in [5.74, 6) is 0.0951. The standard InChI is InChI=1S/C15H20O4/c1-11(15(16)17-2)12-7-3-4-8-13(12)19-14-9-5-6-10-18-14/h3-4,7-8,11,14H,5-6,9-10H2,1-2H3. The topological polar surface area (TPSA) is 44.8 Å². The Kier molecular flexibility index (Phi) is 4.80. The molecule has 0 aromatic heterocycles. The lowest BCUT2D eigenvalue weighted by molar-refractivity contribution is -0.142. The lowest BCUT2D eigenvalue weighted by Crippen LogP contribution is -2.26. The molecule has 104 valence electrons. The van der Waals surface area contributed by atoms with Gasteiger partial charge in [-0.3, -0.25) is 4.79 Å². The maximum absolute atomic E-state index is 11.6. The van der Waals surface area contributed by atoms with Crippen molar-refractivity contribution in [3.8, 4) is 5.75 Å². The summed E-state index contributed by atoms with van der Waals surface area (Å²) < 4.78 is 16.2. The Morgan fingerprint density at radius 3 is 2.84 bits per heavy atom. The van der Waals surface area contributed by atoms with Gasteiger partial charge >= 0.3 is 5.97 Å². The highest BCUT2D eigenvalue weighted by atomic mass is 16.7. The fourth-order valence-electron chi connectivity index (χ4n) is 2.20. The molecule has 0 aliphatic carbocycles. The molecule has 2 rings (SSSR count). The number of carbonyl (C=O) groups excluding carboxylic acids is 1. The average Bonchev–Trinajstić information content (AvgIpc) is 2.47. The minimum atomic E-state index is -0.343. The highest BCUT2D eigenvalue weighted by Gasteiger charge is 2.22. The van der Waals surface area contributed by atoms with Gasteiger partial charge in [-0.15, -0.1) is 0 Å². The van der Waals surface area contributed by atoms with Crippen LogP contribution in [0.1, 0.15) is 37.7 Å². The van der Waals surface area contributed by atoms with Gasteiger partial charge in [-0.1, -0.05) is 18.2 Å². The van der Waals surface area contributed by atoms with Crippen LogP contribution in [0.3, 0.4) is 0 Å². The van der Waals surface area contributed by atoms with Crippen molar-refractivity contribution in [2.75, 3.05) is 13.7 Å².